The first-order valence-electron chi connectivity index (χ1n) is 3.38. The van der Waals surface area contributed by atoms with E-state index in [0.717, 1.165) is 25.2 Å². The molecule has 54 valence electrons. The average Bonchev–Trinajstić information content (AvgIpc) is 2.27. The van der Waals surface area contributed by atoms with Gasteiger partial charge >= 0.3 is 6.09 Å². The first-order valence-corrected chi connectivity index (χ1v) is 3.38. The standard InChI is InChI=1S/C6H8N2O2/c9-6-8-5-4(10-6)2-1-3-7-5/h4H,1-3H2,(H,7,8,9)/t4-/m1/s1. The van der Waals surface area contributed by atoms with Crippen LogP contribution in [-0.2, 0) is 4.74 Å². The molecule has 0 radical (unpaired) electrons. The minimum Gasteiger partial charge on any atom is -0.438 e. The van der Waals surface area contributed by atoms with Crippen molar-refractivity contribution in [1.82, 2.24) is 5.32 Å². The van der Waals surface area contributed by atoms with Crippen LogP contribution in [0.3, 0.4) is 0 Å². The summed E-state index contributed by atoms with van der Waals surface area (Å²) in [5, 5.41) is 2.54. The van der Waals surface area contributed by atoms with Gasteiger partial charge in [0.1, 0.15) is 5.84 Å². The number of alkyl carbamates (subject to hydrolysis) is 1. The number of amidine groups is 1. The third kappa shape index (κ3) is 0.761. The van der Waals surface area contributed by atoms with Crippen LogP contribution in [0.25, 0.3) is 0 Å². The monoisotopic (exact) mass is 140 g/mol. The number of carbonyl (C=O) groups is 1. The van der Waals surface area contributed by atoms with Gasteiger partial charge in [-0.1, -0.05) is 0 Å². The zero-order chi connectivity index (χ0) is 6.97. The van der Waals surface area contributed by atoms with Gasteiger partial charge in [-0.3, -0.25) is 10.3 Å². The smallest absolute Gasteiger partial charge is 0.413 e. The molecule has 0 saturated carbocycles. The van der Waals surface area contributed by atoms with Gasteiger partial charge in [-0.25, -0.2) is 4.79 Å². The molecule has 1 atom stereocenters. The molecule has 10 heavy (non-hydrogen) atoms. The summed E-state index contributed by atoms with van der Waals surface area (Å²) in [6.45, 7) is 0.815. The summed E-state index contributed by atoms with van der Waals surface area (Å²) < 4.78 is 4.88. The van der Waals surface area contributed by atoms with Crippen LogP contribution in [0.2, 0.25) is 0 Å². The summed E-state index contributed by atoms with van der Waals surface area (Å²) in [5.41, 5.74) is 0. The minimum atomic E-state index is -0.356. The Morgan fingerprint density at radius 3 is 3.40 bits per heavy atom. The van der Waals surface area contributed by atoms with Crippen LogP contribution in [0.15, 0.2) is 4.99 Å². The molecule has 1 amide bonds. The predicted molar refractivity (Wildman–Crippen MR) is 34.9 cm³/mol. The van der Waals surface area contributed by atoms with E-state index in [0.29, 0.717) is 0 Å². The van der Waals surface area contributed by atoms with Crippen molar-refractivity contribution in [2.75, 3.05) is 6.54 Å². The number of nitrogens with one attached hydrogen (secondary N) is 1. The molecule has 0 aliphatic carbocycles. The summed E-state index contributed by atoms with van der Waals surface area (Å²) in [4.78, 5) is 14.7. The molecular formula is C6H8N2O2. The molecule has 2 aliphatic heterocycles. The Bertz CT molecular complexity index is 200. The van der Waals surface area contributed by atoms with E-state index in [9.17, 15) is 4.79 Å². The summed E-state index contributed by atoms with van der Waals surface area (Å²) in [7, 11) is 0. The Balaban J connectivity index is 2.20. The third-order valence-corrected chi connectivity index (χ3v) is 1.69. The van der Waals surface area contributed by atoms with Gasteiger partial charge in [-0.2, -0.15) is 0 Å². The highest BCUT2D eigenvalue weighted by atomic mass is 16.6. The third-order valence-electron chi connectivity index (χ3n) is 1.69. The van der Waals surface area contributed by atoms with E-state index >= 15 is 0 Å². The molecule has 0 aromatic heterocycles. The number of hydrogen-bond donors (Lipinski definition) is 1. The van der Waals surface area contributed by atoms with E-state index in [1.165, 1.54) is 0 Å². The maximum Gasteiger partial charge on any atom is 0.413 e. The average molecular weight is 140 g/mol. The lowest BCUT2D eigenvalue weighted by Gasteiger charge is -2.11. The van der Waals surface area contributed by atoms with Gasteiger partial charge < -0.3 is 4.74 Å². The Kier molecular flexibility index (Phi) is 1.12. The summed E-state index contributed by atoms with van der Waals surface area (Å²) in [5.74, 6) is 0.719. The molecule has 0 spiro atoms. The molecule has 4 heteroatoms. The number of hydrogen-bond acceptors (Lipinski definition) is 3. The Morgan fingerprint density at radius 2 is 2.60 bits per heavy atom. The predicted octanol–water partition coefficient (Wildman–Crippen LogP) is 0.287. The molecule has 1 fully saturated rings. The molecule has 0 aromatic rings. The van der Waals surface area contributed by atoms with Crippen molar-refractivity contribution in [3.63, 3.8) is 0 Å². The zero-order valence-electron chi connectivity index (χ0n) is 5.46. The Labute approximate surface area is 58.3 Å². The molecule has 0 aromatic carbocycles. The van der Waals surface area contributed by atoms with Crippen LogP contribution in [0.1, 0.15) is 12.8 Å². The molecule has 1 saturated heterocycles. The topological polar surface area (TPSA) is 50.7 Å². The highest BCUT2D eigenvalue weighted by molar-refractivity contribution is 6.03. The summed E-state index contributed by atoms with van der Waals surface area (Å²) >= 11 is 0. The van der Waals surface area contributed by atoms with Crippen LogP contribution < -0.4 is 5.32 Å². The van der Waals surface area contributed by atoms with Crippen molar-refractivity contribution in [1.29, 1.82) is 0 Å². The molecule has 2 aliphatic rings. The van der Waals surface area contributed by atoms with Crippen molar-refractivity contribution in [2.45, 2.75) is 18.9 Å². The zero-order valence-corrected chi connectivity index (χ0v) is 5.46. The fourth-order valence-electron chi connectivity index (χ4n) is 1.21. The fourth-order valence-corrected chi connectivity index (χ4v) is 1.21. The van der Waals surface area contributed by atoms with Gasteiger partial charge in [0, 0.05) is 6.54 Å². The quantitative estimate of drug-likeness (QED) is 0.525. The number of carbonyl (C=O) groups excluding carboxylic acids is 1. The molecule has 1 N–H and O–H groups in total. The van der Waals surface area contributed by atoms with E-state index < -0.39 is 0 Å². The number of fused-ring (bicyclic) bond motifs is 1. The second-order valence-corrected chi connectivity index (χ2v) is 2.43. The number of ether oxygens (including phenoxy) is 1. The van der Waals surface area contributed by atoms with E-state index in [4.69, 9.17) is 4.74 Å². The fraction of sp³-hybridized carbons (Fsp3) is 0.667. The van der Waals surface area contributed by atoms with Crippen molar-refractivity contribution < 1.29 is 9.53 Å². The lowest BCUT2D eigenvalue weighted by Crippen LogP contribution is -2.28. The van der Waals surface area contributed by atoms with Gasteiger partial charge in [0.25, 0.3) is 0 Å². The molecule has 2 rings (SSSR count). The van der Waals surface area contributed by atoms with Gasteiger partial charge in [0.15, 0.2) is 6.10 Å². The summed E-state index contributed by atoms with van der Waals surface area (Å²) in [6, 6.07) is 0. The van der Waals surface area contributed by atoms with Gasteiger partial charge in [0.2, 0.25) is 0 Å². The number of nitrogens with zero attached hydrogens (tertiary/aromatic N) is 1. The van der Waals surface area contributed by atoms with E-state index in [1.54, 1.807) is 0 Å². The molecule has 4 nitrogen and oxygen atoms in total. The largest absolute Gasteiger partial charge is 0.438 e. The highest BCUT2D eigenvalue weighted by Gasteiger charge is 2.31. The lowest BCUT2D eigenvalue weighted by atomic mass is 10.1. The normalized spacial score (nSPS) is 30.2. The number of aliphatic imine (C=N–C) groups is 1. The summed E-state index contributed by atoms with van der Waals surface area (Å²) in [6.07, 6.45) is 1.51. The Morgan fingerprint density at radius 1 is 1.70 bits per heavy atom. The van der Waals surface area contributed by atoms with Crippen LogP contribution >= 0.6 is 0 Å². The molecule has 2 heterocycles. The molecular weight excluding hydrogens is 132 g/mol. The maximum absolute atomic E-state index is 10.6. The minimum absolute atomic E-state index is 0.0683. The van der Waals surface area contributed by atoms with Crippen LogP contribution in [0, 0.1) is 0 Å². The Hall–Kier alpha value is -1.06. The first kappa shape index (κ1) is 5.70. The second kappa shape index (κ2) is 1.97. The van der Waals surface area contributed by atoms with Gasteiger partial charge in [-0.15, -0.1) is 0 Å². The van der Waals surface area contributed by atoms with Crippen molar-refractivity contribution >= 4 is 11.9 Å². The van der Waals surface area contributed by atoms with E-state index in [2.05, 4.69) is 10.3 Å². The van der Waals surface area contributed by atoms with Crippen molar-refractivity contribution in [3.8, 4) is 0 Å². The first-order chi connectivity index (χ1) is 4.86. The molecule has 0 bridgehead atoms. The lowest BCUT2D eigenvalue weighted by molar-refractivity contribution is 0.144. The van der Waals surface area contributed by atoms with Crippen LogP contribution in [-0.4, -0.2) is 24.6 Å². The van der Waals surface area contributed by atoms with E-state index in [-0.39, 0.29) is 12.2 Å². The van der Waals surface area contributed by atoms with Crippen LogP contribution in [0.4, 0.5) is 4.79 Å². The number of amides is 1. The highest BCUT2D eigenvalue weighted by Crippen LogP contribution is 2.14. The molecule has 0 unspecified atom stereocenters. The van der Waals surface area contributed by atoms with Gasteiger partial charge in [0.05, 0.1) is 0 Å². The van der Waals surface area contributed by atoms with Crippen molar-refractivity contribution in [2.24, 2.45) is 4.99 Å². The SMILES string of the molecule is O=C1NC2=NCCC[C@H]2O1. The van der Waals surface area contributed by atoms with Crippen LogP contribution in [0.5, 0.6) is 0 Å². The number of rotatable bonds is 0. The maximum atomic E-state index is 10.6. The van der Waals surface area contributed by atoms with Crippen molar-refractivity contribution in [3.05, 3.63) is 0 Å². The van der Waals surface area contributed by atoms with E-state index in [1.807, 2.05) is 0 Å². The van der Waals surface area contributed by atoms with Gasteiger partial charge in [-0.05, 0) is 12.8 Å². The second-order valence-electron chi connectivity index (χ2n) is 2.43.